The molecule has 2 aliphatic rings. The van der Waals surface area contributed by atoms with Crippen molar-refractivity contribution in [3.63, 3.8) is 0 Å². The predicted molar refractivity (Wildman–Crippen MR) is 103 cm³/mol. The van der Waals surface area contributed by atoms with Crippen LogP contribution in [-0.4, -0.2) is 55.6 Å². The maximum absolute atomic E-state index is 13.2. The van der Waals surface area contributed by atoms with Crippen LogP contribution in [0.15, 0.2) is 30.0 Å². The summed E-state index contributed by atoms with van der Waals surface area (Å²) in [5.74, 6) is -0.210. The molecule has 0 radical (unpaired) electrons. The van der Waals surface area contributed by atoms with Gasteiger partial charge in [-0.05, 0) is 24.1 Å². The molecule has 2 aliphatic heterocycles. The van der Waals surface area contributed by atoms with E-state index in [2.05, 4.69) is 0 Å². The Morgan fingerprint density at radius 2 is 2.00 bits per heavy atom. The molecular weight excluding hydrogens is 403 g/mol. The van der Waals surface area contributed by atoms with Crippen LogP contribution < -0.4 is 9.47 Å². The van der Waals surface area contributed by atoms with Gasteiger partial charge in [-0.25, -0.2) is 4.79 Å². The van der Waals surface area contributed by atoms with Gasteiger partial charge in [0.15, 0.2) is 11.5 Å². The summed E-state index contributed by atoms with van der Waals surface area (Å²) in [6.45, 7) is 0.912. The Bertz CT molecular complexity index is 863. The Labute approximate surface area is 172 Å². The van der Waals surface area contributed by atoms with E-state index in [9.17, 15) is 23.1 Å². The zero-order valence-corrected chi connectivity index (χ0v) is 16.8. The van der Waals surface area contributed by atoms with Gasteiger partial charge in [0, 0.05) is 50.1 Å². The minimum atomic E-state index is -4.38. The number of alkyl halides is 3. The topological polar surface area (TPSA) is 68.2 Å². The van der Waals surface area contributed by atoms with Crippen LogP contribution in [0.2, 0.25) is 0 Å². The third-order valence-corrected chi connectivity index (χ3v) is 5.09. The number of hydrogen-bond donors (Lipinski definition) is 1. The van der Waals surface area contributed by atoms with Gasteiger partial charge < -0.3 is 24.2 Å². The number of fused-ring (bicyclic) bond motifs is 3. The van der Waals surface area contributed by atoms with Gasteiger partial charge in [-0.1, -0.05) is 6.08 Å². The second-order valence-corrected chi connectivity index (χ2v) is 7.19. The summed E-state index contributed by atoms with van der Waals surface area (Å²) >= 11 is 0. The zero-order chi connectivity index (χ0) is 21.9. The average Bonchev–Trinajstić information content (AvgIpc) is 2.69. The summed E-state index contributed by atoms with van der Waals surface area (Å²) in [6.07, 6.45) is -1.56. The van der Waals surface area contributed by atoms with Crippen molar-refractivity contribution in [3.05, 3.63) is 41.1 Å². The standard InChI is InChI=1S/C21H24F3NO5/c1-28-6-3-7-30-19-9-14-8-15(11-21(22,23)24)25-12-13(20(26)27)4-5-17(25)16(14)10-18(19)29-2/h5,9-10,12,15H,3-4,6-8,11H2,1-2H3,(H,26,27). The number of methoxy groups -OCH3 is 2. The molecule has 1 aromatic carbocycles. The van der Waals surface area contributed by atoms with Crippen LogP contribution in [-0.2, 0) is 16.0 Å². The number of nitrogens with zero attached hydrogens (tertiary/aromatic N) is 1. The van der Waals surface area contributed by atoms with Gasteiger partial charge in [0.05, 0.1) is 25.7 Å². The quantitative estimate of drug-likeness (QED) is 0.633. The Kier molecular flexibility index (Phi) is 6.60. The van der Waals surface area contributed by atoms with E-state index in [4.69, 9.17) is 14.2 Å². The fourth-order valence-corrected chi connectivity index (χ4v) is 3.75. The van der Waals surface area contributed by atoms with E-state index >= 15 is 0 Å². The van der Waals surface area contributed by atoms with Crippen LogP contribution in [0.25, 0.3) is 5.70 Å². The van der Waals surface area contributed by atoms with Crippen molar-refractivity contribution >= 4 is 11.7 Å². The molecule has 0 aromatic heterocycles. The van der Waals surface area contributed by atoms with Gasteiger partial charge in [-0.2, -0.15) is 13.2 Å². The molecule has 6 nitrogen and oxygen atoms in total. The van der Waals surface area contributed by atoms with E-state index < -0.39 is 24.6 Å². The molecule has 30 heavy (non-hydrogen) atoms. The van der Waals surface area contributed by atoms with Crippen molar-refractivity contribution in [2.24, 2.45) is 0 Å². The van der Waals surface area contributed by atoms with E-state index in [-0.39, 0.29) is 18.4 Å². The normalized spacial score (nSPS) is 18.2. The number of hydrogen-bond acceptors (Lipinski definition) is 5. The molecule has 1 N–H and O–H groups in total. The lowest BCUT2D eigenvalue weighted by Gasteiger charge is -2.41. The number of ether oxygens (including phenoxy) is 3. The fourth-order valence-electron chi connectivity index (χ4n) is 3.75. The first-order valence-corrected chi connectivity index (χ1v) is 9.55. The molecule has 0 bridgehead atoms. The minimum absolute atomic E-state index is 0.0550. The number of carbonyl (C=O) groups is 1. The van der Waals surface area contributed by atoms with Crippen LogP contribution in [0.4, 0.5) is 13.2 Å². The lowest BCUT2D eigenvalue weighted by molar-refractivity contribution is -0.143. The number of rotatable bonds is 8. The number of carboxylic acid groups (broad SMARTS) is 1. The highest BCUT2D eigenvalue weighted by Crippen LogP contribution is 2.43. The van der Waals surface area contributed by atoms with Gasteiger partial charge >= 0.3 is 12.1 Å². The largest absolute Gasteiger partial charge is 0.493 e. The molecule has 1 unspecified atom stereocenters. The van der Waals surface area contributed by atoms with Crippen LogP contribution in [0, 0.1) is 0 Å². The summed E-state index contributed by atoms with van der Waals surface area (Å²) in [4.78, 5) is 12.8. The zero-order valence-electron chi connectivity index (χ0n) is 16.8. The number of aliphatic carboxylic acids is 1. The molecule has 1 atom stereocenters. The van der Waals surface area contributed by atoms with E-state index in [1.54, 1.807) is 25.3 Å². The monoisotopic (exact) mass is 427 g/mol. The van der Waals surface area contributed by atoms with E-state index in [1.807, 2.05) is 0 Å². The Morgan fingerprint density at radius 1 is 1.23 bits per heavy atom. The summed E-state index contributed by atoms with van der Waals surface area (Å²) in [5, 5.41) is 9.29. The first-order chi connectivity index (χ1) is 14.2. The fraction of sp³-hybridized carbons (Fsp3) is 0.476. The highest BCUT2D eigenvalue weighted by Gasteiger charge is 2.39. The molecule has 0 aliphatic carbocycles. The lowest BCUT2D eigenvalue weighted by atomic mass is 9.87. The van der Waals surface area contributed by atoms with Gasteiger partial charge in [-0.15, -0.1) is 0 Å². The van der Waals surface area contributed by atoms with Crippen molar-refractivity contribution in [2.45, 2.75) is 37.9 Å². The molecular formula is C21H24F3NO5. The van der Waals surface area contributed by atoms with Crippen molar-refractivity contribution in [1.82, 2.24) is 4.90 Å². The number of carboxylic acids is 1. The molecule has 0 saturated heterocycles. The number of benzene rings is 1. The van der Waals surface area contributed by atoms with E-state index in [1.165, 1.54) is 18.2 Å². The maximum atomic E-state index is 13.2. The molecule has 3 rings (SSSR count). The summed E-state index contributed by atoms with van der Waals surface area (Å²) in [6, 6.07) is 2.52. The SMILES string of the molecule is COCCCOc1cc2c(cc1OC)C1=CCC(C(=O)O)=CN1C(CC(F)(F)F)C2. The highest BCUT2D eigenvalue weighted by molar-refractivity contribution is 5.89. The predicted octanol–water partition coefficient (Wildman–Crippen LogP) is 4.00. The third-order valence-electron chi connectivity index (χ3n) is 5.09. The maximum Gasteiger partial charge on any atom is 0.391 e. The van der Waals surface area contributed by atoms with Crippen LogP contribution in [0.5, 0.6) is 11.5 Å². The molecule has 0 amide bonds. The van der Waals surface area contributed by atoms with E-state index in [0.29, 0.717) is 42.4 Å². The van der Waals surface area contributed by atoms with Crippen molar-refractivity contribution in [2.75, 3.05) is 27.4 Å². The molecule has 1 aromatic rings. The second kappa shape index (κ2) is 8.99. The molecule has 9 heteroatoms. The van der Waals surface area contributed by atoms with Gasteiger partial charge in [-0.3, -0.25) is 0 Å². The van der Waals surface area contributed by atoms with Crippen molar-refractivity contribution < 1.29 is 37.3 Å². The third kappa shape index (κ3) is 4.89. The molecule has 0 fully saturated rings. The van der Waals surface area contributed by atoms with Crippen molar-refractivity contribution in [1.29, 1.82) is 0 Å². The van der Waals surface area contributed by atoms with Gasteiger partial charge in [0.2, 0.25) is 0 Å². The summed E-state index contributed by atoms with van der Waals surface area (Å²) in [7, 11) is 3.09. The lowest BCUT2D eigenvalue weighted by Crippen LogP contribution is -2.40. The van der Waals surface area contributed by atoms with Gasteiger partial charge in [0.1, 0.15) is 0 Å². The second-order valence-electron chi connectivity index (χ2n) is 7.19. The Balaban J connectivity index is 1.97. The first-order valence-electron chi connectivity index (χ1n) is 9.55. The van der Waals surface area contributed by atoms with Crippen LogP contribution in [0.3, 0.4) is 0 Å². The number of halogens is 3. The molecule has 2 heterocycles. The molecule has 164 valence electrons. The molecule has 0 spiro atoms. The number of allylic oxidation sites excluding steroid dienone is 1. The molecule has 0 saturated carbocycles. The summed E-state index contributed by atoms with van der Waals surface area (Å²) in [5.41, 5.74) is 2.04. The van der Waals surface area contributed by atoms with Crippen molar-refractivity contribution in [3.8, 4) is 11.5 Å². The average molecular weight is 427 g/mol. The first kappa shape index (κ1) is 22.0. The Morgan fingerprint density at radius 3 is 2.63 bits per heavy atom. The Hall–Kier alpha value is -2.68. The van der Waals surface area contributed by atoms with Gasteiger partial charge in [0.25, 0.3) is 0 Å². The highest BCUT2D eigenvalue weighted by atomic mass is 19.4. The van der Waals surface area contributed by atoms with E-state index in [0.717, 1.165) is 5.56 Å². The minimum Gasteiger partial charge on any atom is -0.493 e. The van der Waals surface area contributed by atoms with Crippen LogP contribution >= 0.6 is 0 Å². The van der Waals surface area contributed by atoms with Crippen LogP contribution in [0.1, 0.15) is 30.4 Å². The summed E-state index contributed by atoms with van der Waals surface area (Å²) < 4.78 is 55.9. The smallest absolute Gasteiger partial charge is 0.391 e.